The fraction of sp³-hybridized carbons (Fsp3) is 0.500. The highest BCUT2D eigenvalue weighted by Gasteiger charge is 2.14. The zero-order valence-electron chi connectivity index (χ0n) is 8.76. The highest BCUT2D eigenvalue weighted by molar-refractivity contribution is 9.10. The number of thiophene rings is 1. The van der Waals surface area contributed by atoms with E-state index in [2.05, 4.69) is 39.3 Å². The number of halogens is 1. The van der Waals surface area contributed by atoms with Crippen LogP contribution in [0, 0.1) is 0 Å². The lowest BCUT2D eigenvalue weighted by Crippen LogP contribution is -2.30. The molecular formula is C12H16BrNS. The van der Waals surface area contributed by atoms with Gasteiger partial charge < -0.3 is 5.32 Å². The molecule has 0 aliphatic heterocycles. The van der Waals surface area contributed by atoms with Crippen molar-refractivity contribution in [1.29, 1.82) is 0 Å². The molecule has 1 N–H and O–H groups in total. The van der Waals surface area contributed by atoms with E-state index < -0.39 is 0 Å². The molecule has 1 aliphatic carbocycles. The Morgan fingerprint density at radius 1 is 1.47 bits per heavy atom. The molecule has 1 heterocycles. The van der Waals surface area contributed by atoms with Gasteiger partial charge in [-0.2, -0.15) is 0 Å². The van der Waals surface area contributed by atoms with Crippen LogP contribution in [0.4, 0.5) is 0 Å². The molecule has 0 saturated heterocycles. The molecule has 0 bridgehead atoms. The summed E-state index contributed by atoms with van der Waals surface area (Å²) in [5, 5.41) is 5.76. The number of rotatable bonds is 3. The zero-order valence-corrected chi connectivity index (χ0v) is 11.2. The lowest BCUT2D eigenvalue weighted by atomic mass is 9.92. The summed E-state index contributed by atoms with van der Waals surface area (Å²) in [6.45, 7) is 5.05. The van der Waals surface area contributed by atoms with Crippen LogP contribution in [-0.4, -0.2) is 6.04 Å². The first-order valence-corrected chi connectivity index (χ1v) is 7.04. The fourth-order valence-corrected chi connectivity index (χ4v) is 3.32. The molecule has 2 rings (SSSR count). The molecule has 0 atom stereocenters. The summed E-state index contributed by atoms with van der Waals surface area (Å²) in [7, 11) is 0. The van der Waals surface area contributed by atoms with Crippen molar-refractivity contribution >= 4 is 27.3 Å². The van der Waals surface area contributed by atoms with Crippen LogP contribution in [0.15, 0.2) is 28.1 Å². The first-order chi connectivity index (χ1) is 7.24. The van der Waals surface area contributed by atoms with Crippen molar-refractivity contribution < 1.29 is 0 Å². The maximum absolute atomic E-state index is 4.04. The third-order valence-corrected chi connectivity index (χ3v) is 4.58. The smallest absolute Gasteiger partial charge is 0.0302 e. The molecule has 1 saturated carbocycles. The summed E-state index contributed by atoms with van der Waals surface area (Å²) in [5.74, 6) is 0. The quantitative estimate of drug-likeness (QED) is 0.825. The van der Waals surface area contributed by atoms with E-state index in [9.17, 15) is 0 Å². The van der Waals surface area contributed by atoms with Crippen molar-refractivity contribution in [2.24, 2.45) is 0 Å². The molecule has 1 fully saturated rings. The monoisotopic (exact) mass is 285 g/mol. The predicted molar refractivity (Wildman–Crippen MR) is 70.3 cm³/mol. The van der Waals surface area contributed by atoms with E-state index in [-0.39, 0.29) is 0 Å². The van der Waals surface area contributed by atoms with Gasteiger partial charge in [-0.15, -0.1) is 11.3 Å². The maximum atomic E-state index is 4.04. The molecule has 0 spiro atoms. The van der Waals surface area contributed by atoms with E-state index in [0.29, 0.717) is 6.04 Å². The van der Waals surface area contributed by atoms with E-state index in [1.165, 1.54) is 40.6 Å². The van der Waals surface area contributed by atoms with E-state index in [1.807, 2.05) is 11.3 Å². The second kappa shape index (κ2) is 5.28. The lowest BCUT2D eigenvalue weighted by molar-refractivity contribution is 0.419. The topological polar surface area (TPSA) is 12.0 Å². The molecule has 0 amide bonds. The van der Waals surface area contributed by atoms with Crippen LogP contribution in [0.3, 0.4) is 0 Å². The normalized spacial score (nSPS) is 18.3. The van der Waals surface area contributed by atoms with Gasteiger partial charge in [-0.05, 0) is 47.7 Å². The Bertz CT molecular complexity index is 335. The van der Waals surface area contributed by atoms with Gasteiger partial charge in [0.25, 0.3) is 0 Å². The highest BCUT2D eigenvalue weighted by atomic mass is 79.9. The minimum Gasteiger partial charge on any atom is -0.309 e. The van der Waals surface area contributed by atoms with Crippen molar-refractivity contribution in [3.05, 3.63) is 32.9 Å². The molecule has 15 heavy (non-hydrogen) atoms. The molecule has 0 aromatic carbocycles. The average Bonchev–Trinajstić information content (AvgIpc) is 2.64. The number of hydrogen-bond donors (Lipinski definition) is 1. The Kier molecular flexibility index (Phi) is 4.00. The molecule has 0 radical (unpaired) electrons. The number of hydrogen-bond acceptors (Lipinski definition) is 2. The van der Waals surface area contributed by atoms with E-state index >= 15 is 0 Å². The van der Waals surface area contributed by atoms with Gasteiger partial charge in [0.1, 0.15) is 0 Å². The maximum Gasteiger partial charge on any atom is 0.0302 e. The highest BCUT2D eigenvalue weighted by Crippen LogP contribution is 2.23. The van der Waals surface area contributed by atoms with Crippen LogP contribution >= 0.6 is 27.3 Å². The Morgan fingerprint density at radius 3 is 2.80 bits per heavy atom. The van der Waals surface area contributed by atoms with Crippen molar-refractivity contribution in [3.63, 3.8) is 0 Å². The summed E-state index contributed by atoms with van der Waals surface area (Å²) >= 11 is 5.29. The summed E-state index contributed by atoms with van der Waals surface area (Å²) in [4.78, 5) is 1.41. The standard InChI is InChI=1S/C12H16BrNS/c1-9-2-4-11(5-3-9)14-7-12-6-10(13)8-15-12/h6,8,11,14H,1-5,7H2. The summed E-state index contributed by atoms with van der Waals surface area (Å²) in [6, 6.07) is 2.88. The minimum absolute atomic E-state index is 0.691. The first-order valence-electron chi connectivity index (χ1n) is 5.37. The molecular weight excluding hydrogens is 270 g/mol. The molecule has 82 valence electrons. The van der Waals surface area contributed by atoms with Crippen LogP contribution in [0.2, 0.25) is 0 Å². The average molecular weight is 286 g/mol. The van der Waals surface area contributed by atoms with E-state index in [0.717, 1.165) is 6.54 Å². The second-order valence-corrected chi connectivity index (χ2v) is 6.05. The Labute approximate surface area is 104 Å². The van der Waals surface area contributed by atoms with Crippen molar-refractivity contribution in [2.75, 3.05) is 0 Å². The van der Waals surface area contributed by atoms with Gasteiger partial charge in [-0.25, -0.2) is 0 Å². The lowest BCUT2D eigenvalue weighted by Gasteiger charge is -2.24. The van der Waals surface area contributed by atoms with Crippen LogP contribution in [0.1, 0.15) is 30.6 Å². The van der Waals surface area contributed by atoms with Gasteiger partial charge in [0, 0.05) is 27.3 Å². The van der Waals surface area contributed by atoms with E-state index in [1.54, 1.807) is 0 Å². The number of allylic oxidation sites excluding steroid dienone is 1. The SMILES string of the molecule is C=C1CCC(NCc2cc(Br)cs2)CC1. The predicted octanol–water partition coefficient (Wildman–Crippen LogP) is 4.10. The number of nitrogens with one attached hydrogen (secondary N) is 1. The van der Waals surface area contributed by atoms with Gasteiger partial charge in [0.2, 0.25) is 0 Å². The Hall–Kier alpha value is -0.120. The molecule has 1 aliphatic rings. The van der Waals surface area contributed by atoms with Gasteiger partial charge in [-0.1, -0.05) is 12.2 Å². The van der Waals surface area contributed by atoms with Crippen LogP contribution < -0.4 is 5.32 Å². The molecule has 1 nitrogen and oxygen atoms in total. The molecule has 1 aromatic heterocycles. The molecule has 1 aromatic rings. The van der Waals surface area contributed by atoms with E-state index in [4.69, 9.17) is 0 Å². The Balaban J connectivity index is 1.76. The van der Waals surface area contributed by atoms with Gasteiger partial charge in [-0.3, -0.25) is 0 Å². The third kappa shape index (κ3) is 3.44. The van der Waals surface area contributed by atoms with Crippen molar-refractivity contribution in [2.45, 2.75) is 38.3 Å². The molecule has 0 unspecified atom stereocenters. The van der Waals surface area contributed by atoms with Crippen molar-refractivity contribution in [1.82, 2.24) is 5.32 Å². The van der Waals surface area contributed by atoms with Crippen molar-refractivity contribution in [3.8, 4) is 0 Å². The van der Waals surface area contributed by atoms with Gasteiger partial charge >= 0.3 is 0 Å². The summed E-state index contributed by atoms with van der Waals surface area (Å²) < 4.78 is 1.20. The first kappa shape index (κ1) is 11.4. The van der Waals surface area contributed by atoms with Crippen LogP contribution in [0.5, 0.6) is 0 Å². The summed E-state index contributed by atoms with van der Waals surface area (Å²) in [6.07, 6.45) is 4.91. The molecule has 3 heteroatoms. The summed E-state index contributed by atoms with van der Waals surface area (Å²) in [5.41, 5.74) is 1.42. The minimum atomic E-state index is 0.691. The second-order valence-electron chi connectivity index (χ2n) is 4.14. The van der Waals surface area contributed by atoms with Gasteiger partial charge in [0.05, 0.1) is 0 Å². The largest absolute Gasteiger partial charge is 0.309 e. The van der Waals surface area contributed by atoms with Crippen LogP contribution in [0.25, 0.3) is 0 Å². The van der Waals surface area contributed by atoms with Crippen LogP contribution in [-0.2, 0) is 6.54 Å². The van der Waals surface area contributed by atoms with Gasteiger partial charge in [0.15, 0.2) is 0 Å². The zero-order chi connectivity index (χ0) is 10.7. The Morgan fingerprint density at radius 2 is 2.20 bits per heavy atom. The third-order valence-electron chi connectivity index (χ3n) is 2.88. The fourth-order valence-electron chi connectivity index (χ4n) is 1.92.